The average Bonchev–Trinajstić information content (AvgIpc) is 2.59. The van der Waals surface area contributed by atoms with Crippen molar-refractivity contribution in [1.29, 1.82) is 0 Å². The number of amides is 1. The van der Waals surface area contributed by atoms with Gasteiger partial charge in [-0.05, 0) is 11.5 Å². The van der Waals surface area contributed by atoms with E-state index in [1.165, 1.54) is 5.56 Å². The van der Waals surface area contributed by atoms with E-state index in [1.807, 2.05) is 36.4 Å². The van der Waals surface area contributed by atoms with Gasteiger partial charge in [-0.1, -0.05) is 67.6 Å². The molecule has 0 aliphatic heterocycles. The predicted octanol–water partition coefficient (Wildman–Crippen LogP) is 3.57. The summed E-state index contributed by atoms with van der Waals surface area (Å²) in [6.07, 6.45) is 0.477. The van der Waals surface area contributed by atoms with Gasteiger partial charge >= 0.3 is 0 Å². The van der Waals surface area contributed by atoms with E-state index in [1.54, 1.807) is 12.1 Å². The van der Waals surface area contributed by atoms with Crippen LogP contribution in [0.3, 0.4) is 0 Å². The Kier molecular flexibility index (Phi) is 5.90. The Hall–Kier alpha value is -2.42. The molecule has 1 amide bonds. The maximum absolute atomic E-state index is 11.9. The molecule has 114 valence electrons. The number of rotatable bonds is 7. The quantitative estimate of drug-likeness (QED) is 0.794. The second-order valence-corrected chi connectivity index (χ2v) is 5.41. The van der Waals surface area contributed by atoms with Crippen molar-refractivity contribution in [3.05, 3.63) is 71.8 Å². The standard InChI is InChI=1S/C19H21NO2/c1-15(16-8-4-2-5-9-16)14-20-19(22)13-12-18(21)17-10-6-3-7-11-17/h2-11,15H,12-14H2,1H3,(H,20,22)/t15-/m1/s1. The molecule has 3 heteroatoms. The Morgan fingerprint density at radius 3 is 2.14 bits per heavy atom. The number of nitrogens with one attached hydrogen (secondary N) is 1. The largest absolute Gasteiger partial charge is 0.355 e. The minimum Gasteiger partial charge on any atom is -0.355 e. The molecule has 0 aromatic heterocycles. The molecule has 3 nitrogen and oxygen atoms in total. The molecule has 0 aliphatic rings. The molecule has 0 heterocycles. The van der Waals surface area contributed by atoms with Crippen molar-refractivity contribution in [2.75, 3.05) is 6.54 Å². The van der Waals surface area contributed by atoms with Crippen LogP contribution in [0.2, 0.25) is 0 Å². The zero-order valence-electron chi connectivity index (χ0n) is 12.8. The highest BCUT2D eigenvalue weighted by atomic mass is 16.2. The van der Waals surface area contributed by atoms with Crippen LogP contribution in [-0.2, 0) is 4.79 Å². The second kappa shape index (κ2) is 8.13. The van der Waals surface area contributed by atoms with E-state index in [-0.39, 0.29) is 30.4 Å². The maximum Gasteiger partial charge on any atom is 0.220 e. The van der Waals surface area contributed by atoms with E-state index in [4.69, 9.17) is 0 Å². The number of carbonyl (C=O) groups excluding carboxylic acids is 2. The first kappa shape index (κ1) is 16.0. The van der Waals surface area contributed by atoms with Crippen LogP contribution in [0, 0.1) is 0 Å². The lowest BCUT2D eigenvalue weighted by atomic mass is 10.0. The minimum atomic E-state index is -0.0768. The normalized spacial score (nSPS) is 11.7. The van der Waals surface area contributed by atoms with E-state index < -0.39 is 0 Å². The molecule has 0 unspecified atom stereocenters. The topological polar surface area (TPSA) is 46.2 Å². The summed E-state index contributed by atoms with van der Waals surface area (Å²) in [5.41, 5.74) is 1.86. The molecule has 22 heavy (non-hydrogen) atoms. The van der Waals surface area contributed by atoms with E-state index in [9.17, 15) is 9.59 Å². The zero-order chi connectivity index (χ0) is 15.8. The lowest BCUT2D eigenvalue weighted by Gasteiger charge is -2.13. The van der Waals surface area contributed by atoms with Crippen LogP contribution >= 0.6 is 0 Å². The van der Waals surface area contributed by atoms with E-state index in [0.29, 0.717) is 12.1 Å². The summed E-state index contributed by atoms with van der Waals surface area (Å²) < 4.78 is 0. The van der Waals surface area contributed by atoms with Gasteiger partial charge in [0, 0.05) is 24.9 Å². The van der Waals surface area contributed by atoms with Gasteiger partial charge < -0.3 is 5.32 Å². The van der Waals surface area contributed by atoms with E-state index in [2.05, 4.69) is 24.4 Å². The van der Waals surface area contributed by atoms with Crippen LogP contribution in [-0.4, -0.2) is 18.2 Å². The molecular formula is C19H21NO2. The predicted molar refractivity (Wildman–Crippen MR) is 87.9 cm³/mol. The molecular weight excluding hydrogens is 274 g/mol. The highest BCUT2D eigenvalue weighted by Crippen LogP contribution is 2.13. The number of carbonyl (C=O) groups is 2. The second-order valence-electron chi connectivity index (χ2n) is 5.41. The Balaban J connectivity index is 1.73. The van der Waals surface area contributed by atoms with Crippen LogP contribution in [0.4, 0.5) is 0 Å². The Labute approximate surface area is 131 Å². The van der Waals surface area contributed by atoms with Gasteiger partial charge in [-0.15, -0.1) is 0 Å². The average molecular weight is 295 g/mol. The lowest BCUT2D eigenvalue weighted by molar-refractivity contribution is -0.121. The summed E-state index contributed by atoms with van der Waals surface area (Å²) in [4.78, 5) is 23.8. The van der Waals surface area contributed by atoms with Gasteiger partial charge in [0.15, 0.2) is 5.78 Å². The molecule has 0 radical (unpaired) electrons. The van der Waals surface area contributed by atoms with Crippen molar-refractivity contribution in [1.82, 2.24) is 5.32 Å². The summed E-state index contributed by atoms with van der Waals surface area (Å²) in [6, 6.07) is 19.1. The third kappa shape index (κ3) is 4.85. The zero-order valence-corrected chi connectivity index (χ0v) is 12.8. The van der Waals surface area contributed by atoms with Gasteiger partial charge in [-0.2, -0.15) is 0 Å². The molecule has 0 saturated heterocycles. The van der Waals surface area contributed by atoms with Gasteiger partial charge in [0.2, 0.25) is 5.91 Å². The molecule has 0 spiro atoms. The molecule has 0 saturated carbocycles. The van der Waals surface area contributed by atoms with Crippen LogP contribution < -0.4 is 5.32 Å². The Morgan fingerprint density at radius 1 is 0.909 bits per heavy atom. The smallest absolute Gasteiger partial charge is 0.220 e. The van der Waals surface area contributed by atoms with Crippen LogP contribution in [0.1, 0.15) is 41.6 Å². The number of Topliss-reactive ketones (excluding diaryl/α,β-unsaturated/α-hetero) is 1. The van der Waals surface area contributed by atoms with E-state index in [0.717, 1.165) is 0 Å². The fourth-order valence-corrected chi connectivity index (χ4v) is 2.25. The van der Waals surface area contributed by atoms with Crippen molar-refractivity contribution in [2.24, 2.45) is 0 Å². The molecule has 2 aromatic carbocycles. The SMILES string of the molecule is C[C@H](CNC(=O)CCC(=O)c1ccccc1)c1ccccc1. The molecule has 2 rings (SSSR count). The number of hydrogen-bond acceptors (Lipinski definition) is 2. The van der Waals surface area contributed by atoms with Crippen LogP contribution in [0.15, 0.2) is 60.7 Å². The van der Waals surface area contributed by atoms with Crippen molar-refractivity contribution < 1.29 is 9.59 Å². The third-order valence-electron chi connectivity index (χ3n) is 3.65. The fraction of sp³-hybridized carbons (Fsp3) is 0.263. The van der Waals surface area contributed by atoms with Gasteiger partial charge in [-0.3, -0.25) is 9.59 Å². The first-order valence-electron chi connectivity index (χ1n) is 7.56. The molecule has 0 bridgehead atoms. The summed E-state index contributed by atoms with van der Waals surface area (Å²) in [7, 11) is 0. The van der Waals surface area contributed by atoms with Crippen molar-refractivity contribution in [3.63, 3.8) is 0 Å². The van der Waals surface area contributed by atoms with Crippen molar-refractivity contribution >= 4 is 11.7 Å². The lowest BCUT2D eigenvalue weighted by Crippen LogP contribution is -2.27. The Morgan fingerprint density at radius 2 is 1.50 bits per heavy atom. The highest BCUT2D eigenvalue weighted by molar-refractivity contribution is 5.97. The molecule has 0 fully saturated rings. The number of hydrogen-bond donors (Lipinski definition) is 1. The van der Waals surface area contributed by atoms with Crippen LogP contribution in [0.25, 0.3) is 0 Å². The Bertz CT molecular complexity index is 608. The molecule has 0 aliphatic carbocycles. The number of ketones is 1. The molecule has 1 N–H and O–H groups in total. The third-order valence-corrected chi connectivity index (χ3v) is 3.65. The van der Waals surface area contributed by atoms with Crippen molar-refractivity contribution in [2.45, 2.75) is 25.7 Å². The summed E-state index contributed by atoms with van der Waals surface area (Å²) in [6.45, 7) is 2.66. The first-order chi connectivity index (χ1) is 10.7. The van der Waals surface area contributed by atoms with Gasteiger partial charge in [0.05, 0.1) is 0 Å². The van der Waals surface area contributed by atoms with Gasteiger partial charge in [-0.25, -0.2) is 0 Å². The highest BCUT2D eigenvalue weighted by Gasteiger charge is 2.10. The number of benzene rings is 2. The maximum atomic E-state index is 11.9. The van der Waals surface area contributed by atoms with Crippen LogP contribution in [0.5, 0.6) is 0 Å². The van der Waals surface area contributed by atoms with Crippen molar-refractivity contribution in [3.8, 4) is 0 Å². The fourth-order valence-electron chi connectivity index (χ4n) is 2.25. The van der Waals surface area contributed by atoms with E-state index >= 15 is 0 Å². The minimum absolute atomic E-state index is 0.00635. The summed E-state index contributed by atoms with van der Waals surface area (Å²) in [5, 5.41) is 2.90. The summed E-state index contributed by atoms with van der Waals surface area (Å²) >= 11 is 0. The molecule has 2 aromatic rings. The first-order valence-corrected chi connectivity index (χ1v) is 7.56. The molecule has 1 atom stereocenters. The van der Waals surface area contributed by atoms with Gasteiger partial charge in [0.25, 0.3) is 0 Å². The monoisotopic (exact) mass is 295 g/mol. The van der Waals surface area contributed by atoms with Gasteiger partial charge in [0.1, 0.15) is 0 Å². The summed E-state index contributed by atoms with van der Waals surface area (Å²) in [5.74, 6) is 0.189.